The topological polar surface area (TPSA) is 40.5 Å². The van der Waals surface area contributed by atoms with Gasteiger partial charge in [-0.15, -0.1) is 11.8 Å². The normalized spacial score (nSPS) is 11.9. The average Bonchev–Trinajstić information content (AvgIpc) is 2.58. The molecule has 0 saturated heterocycles. The minimum absolute atomic E-state index is 0.0168. The van der Waals surface area contributed by atoms with Crippen LogP contribution >= 0.6 is 11.8 Å². The van der Waals surface area contributed by atoms with Crippen molar-refractivity contribution in [2.45, 2.75) is 17.1 Å². The van der Waals surface area contributed by atoms with E-state index in [-0.39, 0.29) is 17.8 Å². The quantitative estimate of drug-likeness (QED) is 0.797. The third-order valence-electron chi connectivity index (χ3n) is 3.39. The molecule has 0 fully saturated rings. The van der Waals surface area contributed by atoms with Gasteiger partial charge in [-0.1, -0.05) is 48.5 Å². The van der Waals surface area contributed by atoms with Crippen molar-refractivity contribution in [3.05, 3.63) is 66.2 Å². The van der Waals surface area contributed by atoms with Gasteiger partial charge in [0.1, 0.15) is 5.25 Å². The van der Waals surface area contributed by atoms with Crippen LogP contribution in [0.15, 0.2) is 65.6 Å². The predicted molar refractivity (Wildman–Crippen MR) is 90.8 cm³/mol. The predicted octanol–water partition coefficient (Wildman–Crippen LogP) is 3.36. The summed E-state index contributed by atoms with van der Waals surface area (Å²) in [4.78, 5) is 15.6. The second kappa shape index (κ2) is 8.61. The largest absolute Gasteiger partial charge is 0.395 e. The number of hydrogen-bond donors (Lipinski definition) is 1. The average molecular weight is 315 g/mol. The van der Waals surface area contributed by atoms with Crippen molar-refractivity contribution in [1.82, 2.24) is 4.90 Å². The summed E-state index contributed by atoms with van der Waals surface area (Å²) in [7, 11) is 0. The first-order valence-electron chi connectivity index (χ1n) is 7.42. The first-order valence-corrected chi connectivity index (χ1v) is 8.30. The molecule has 1 amide bonds. The van der Waals surface area contributed by atoms with Crippen LogP contribution in [0.2, 0.25) is 0 Å². The fourth-order valence-electron chi connectivity index (χ4n) is 2.23. The zero-order valence-electron chi connectivity index (χ0n) is 12.7. The maximum Gasteiger partial charge on any atom is 0.240 e. The molecule has 0 aromatic heterocycles. The molecular weight excluding hydrogens is 294 g/mol. The van der Waals surface area contributed by atoms with E-state index in [1.165, 1.54) is 0 Å². The minimum Gasteiger partial charge on any atom is -0.395 e. The molecule has 0 radical (unpaired) electrons. The number of aliphatic hydroxyl groups is 1. The Morgan fingerprint density at radius 2 is 1.68 bits per heavy atom. The lowest BCUT2D eigenvalue weighted by molar-refractivity contribution is -0.131. The molecule has 22 heavy (non-hydrogen) atoms. The van der Waals surface area contributed by atoms with E-state index in [1.54, 1.807) is 16.7 Å². The van der Waals surface area contributed by atoms with Crippen LogP contribution in [-0.4, -0.2) is 35.6 Å². The zero-order valence-corrected chi connectivity index (χ0v) is 13.5. The molecule has 0 heterocycles. The second-order valence-electron chi connectivity index (χ2n) is 4.86. The lowest BCUT2D eigenvalue weighted by Gasteiger charge is -2.25. The summed E-state index contributed by atoms with van der Waals surface area (Å²) in [6, 6.07) is 19.7. The molecule has 2 aromatic rings. The third-order valence-corrected chi connectivity index (χ3v) is 4.64. The Labute approximate surface area is 136 Å². The molecule has 3 nitrogen and oxygen atoms in total. The van der Waals surface area contributed by atoms with Crippen LogP contribution in [0.4, 0.5) is 0 Å². The van der Waals surface area contributed by atoms with E-state index in [9.17, 15) is 4.79 Å². The van der Waals surface area contributed by atoms with Crippen LogP contribution in [0.5, 0.6) is 0 Å². The second-order valence-corrected chi connectivity index (χ2v) is 6.04. The van der Waals surface area contributed by atoms with Gasteiger partial charge in [-0.3, -0.25) is 4.79 Å². The molecule has 0 aliphatic rings. The third kappa shape index (κ3) is 4.36. The standard InChI is InChI=1S/C18H21NO2S/c1-2-19(13-14-20)18(21)17(15-9-5-3-6-10-15)22-16-11-7-4-8-12-16/h3-12,17,20H,2,13-14H2,1H3. The summed E-state index contributed by atoms with van der Waals surface area (Å²) >= 11 is 1.55. The Morgan fingerprint density at radius 3 is 2.23 bits per heavy atom. The van der Waals surface area contributed by atoms with Gasteiger partial charge in [0.05, 0.1) is 6.61 Å². The van der Waals surface area contributed by atoms with Crippen LogP contribution in [0.3, 0.4) is 0 Å². The number of nitrogens with zero attached hydrogens (tertiary/aromatic N) is 1. The fraction of sp³-hybridized carbons (Fsp3) is 0.278. The first kappa shape index (κ1) is 16.6. The lowest BCUT2D eigenvalue weighted by atomic mass is 10.1. The summed E-state index contributed by atoms with van der Waals surface area (Å²) in [5.41, 5.74) is 0.984. The Morgan fingerprint density at radius 1 is 1.09 bits per heavy atom. The van der Waals surface area contributed by atoms with Gasteiger partial charge in [0.15, 0.2) is 0 Å². The number of benzene rings is 2. The summed E-state index contributed by atoms with van der Waals surface area (Å²) < 4.78 is 0. The molecule has 1 unspecified atom stereocenters. The van der Waals surface area contributed by atoms with Crippen LogP contribution in [0.25, 0.3) is 0 Å². The summed E-state index contributed by atoms with van der Waals surface area (Å²) in [5, 5.41) is 8.86. The fourth-order valence-corrected chi connectivity index (χ4v) is 3.36. The number of amides is 1. The SMILES string of the molecule is CCN(CCO)C(=O)C(Sc1ccccc1)c1ccccc1. The van der Waals surface area contributed by atoms with Crippen molar-refractivity contribution in [3.8, 4) is 0 Å². The minimum atomic E-state index is -0.296. The molecule has 0 aliphatic heterocycles. The Bertz CT molecular complexity index is 574. The summed E-state index contributed by atoms with van der Waals surface area (Å²) in [5.74, 6) is 0.0385. The number of thioether (sulfide) groups is 1. The van der Waals surface area contributed by atoms with Crippen molar-refractivity contribution in [2.75, 3.05) is 19.7 Å². The van der Waals surface area contributed by atoms with Crippen LogP contribution < -0.4 is 0 Å². The Hall–Kier alpha value is -1.78. The number of rotatable bonds is 7. The number of likely N-dealkylation sites (N-methyl/N-ethyl adjacent to an activating group) is 1. The van der Waals surface area contributed by atoms with Crippen molar-refractivity contribution >= 4 is 17.7 Å². The molecule has 116 valence electrons. The van der Waals surface area contributed by atoms with Gasteiger partial charge >= 0.3 is 0 Å². The van der Waals surface area contributed by atoms with Crippen LogP contribution in [0.1, 0.15) is 17.7 Å². The van der Waals surface area contributed by atoms with Gasteiger partial charge in [-0.25, -0.2) is 0 Å². The first-order chi connectivity index (χ1) is 10.8. The number of aliphatic hydroxyl groups excluding tert-OH is 1. The van der Waals surface area contributed by atoms with Gasteiger partial charge < -0.3 is 10.0 Å². The molecule has 1 atom stereocenters. The Balaban J connectivity index is 2.27. The van der Waals surface area contributed by atoms with Crippen molar-refractivity contribution in [2.24, 2.45) is 0 Å². The van der Waals surface area contributed by atoms with Gasteiger partial charge in [0, 0.05) is 18.0 Å². The van der Waals surface area contributed by atoms with E-state index in [4.69, 9.17) is 5.11 Å². The van der Waals surface area contributed by atoms with E-state index >= 15 is 0 Å². The van der Waals surface area contributed by atoms with E-state index in [0.717, 1.165) is 10.5 Å². The van der Waals surface area contributed by atoms with Crippen molar-refractivity contribution in [1.29, 1.82) is 0 Å². The van der Waals surface area contributed by atoms with E-state index in [0.29, 0.717) is 13.1 Å². The van der Waals surface area contributed by atoms with Crippen LogP contribution in [-0.2, 0) is 4.79 Å². The molecule has 2 aromatic carbocycles. The highest BCUT2D eigenvalue weighted by Crippen LogP contribution is 2.36. The molecule has 0 aliphatic carbocycles. The molecule has 4 heteroatoms. The molecule has 0 bridgehead atoms. The van der Waals surface area contributed by atoms with Crippen LogP contribution in [0, 0.1) is 0 Å². The van der Waals surface area contributed by atoms with Crippen molar-refractivity contribution < 1.29 is 9.90 Å². The molecule has 1 N–H and O–H groups in total. The molecular formula is C18H21NO2S. The monoisotopic (exact) mass is 315 g/mol. The maximum absolute atomic E-state index is 12.9. The van der Waals surface area contributed by atoms with Gasteiger partial charge in [0.25, 0.3) is 0 Å². The maximum atomic E-state index is 12.9. The molecule has 0 saturated carbocycles. The molecule has 0 spiro atoms. The highest BCUT2D eigenvalue weighted by Gasteiger charge is 2.25. The number of hydrogen-bond acceptors (Lipinski definition) is 3. The lowest BCUT2D eigenvalue weighted by Crippen LogP contribution is -2.36. The summed E-state index contributed by atoms with van der Waals surface area (Å²) in [6.45, 7) is 2.88. The Kier molecular flexibility index (Phi) is 6.49. The highest BCUT2D eigenvalue weighted by molar-refractivity contribution is 8.00. The van der Waals surface area contributed by atoms with Gasteiger partial charge in [-0.2, -0.15) is 0 Å². The highest BCUT2D eigenvalue weighted by atomic mass is 32.2. The van der Waals surface area contributed by atoms with E-state index in [1.807, 2.05) is 67.6 Å². The molecule has 2 rings (SSSR count). The zero-order chi connectivity index (χ0) is 15.8. The van der Waals surface area contributed by atoms with Gasteiger partial charge in [0.2, 0.25) is 5.91 Å². The van der Waals surface area contributed by atoms with Gasteiger partial charge in [-0.05, 0) is 24.6 Å². The number of carbonyl (C=O) groups is 1. The number of carbonyl (C=O) groups excluding carboxylic acids is 1. The smallest absolute Gasteiger partial charge is 0.240 e. The summed E-state index contributed by atoms with van der Waals surface area (Å²) in [6.07, 6.45) is 0. The van der Waals surface area contributed by atoms with Crippen molar-refractivity contribution in [3.63, 3.8) is 0 Å². The van der Waals surface area contributed by atoms with E-state index < -0.39 is 0 Å². The van der Waals surface area contributed by atoms with E-state index in [2.05, 4.69) is 0 Å².